The zero-order valence-electron chi connectivity index (χ0n) is 19.3. The molecule has 4 heteroatoms. The average molecular weight is 435 g/mol. The second-order valence-electron chi connectivity index (χ2n) is 8.07. The van der Waals surface area contributed by atoms with Crippen molar-refractivity contribution in [2.75, 3.05) is 0 Å². The lowest BCUT2D eigenvalue weighted by molar-refractivity contribution is 0.190. The molecule has 0 aliphatic heterocycles. The molecule has 0 fully saturated rings. The molecule has 0 saturated carbocycles. The topological polar surface area (TPSA) is 43.4 Å². The Morgan fingerprint density at radius 3 is 1.70 bits per heavy atom. The van der Waals surface area contributed by atoms with Gasteiger partial charge in [-0.15, -0.1) is 0 Å². The summed E-state index contributed by atoms with van der Waals surface area (Å²) in [4.78, 5) is 0.239. The van der Waals surface area contributed by atoms with E-state index in [4.69, 9.17) is 4.18 Å². The molecule has 0 atom stereocenters. The maximum atomic E-state index is 12.7. The highest BCUT2D eigenvalue weighted by molar-refractivity contribution is 7.86. The summed E-state index contributed by atoms with van der Waals surface area (Å²) in [6.07, 6.45) is 21.2. The number of aryl methyl sites for hydroxylation is 1. The predicted octanol–water partition coefficient (Wildman–Crippen LogP) is 7.90. The Morgan fingerprint density at radius 1 is 0.767 bits per heavy atom. The summed E-state index contributed by atoms with van der Waals surface area (Å²) >= 11 is 0. The molecule has 1 rings (SSSR count). The van der Waals surface area contributed by atoms with Gasteiger partial charge < -0.3 is 0 Å². The van der Waals surface area contributed by atoms with Gasteiger partial charge in [0.1, 0.15) is 0 Å². The molecule has 0 spiro atoms. The molecular formula is C26H42O3S. The van der Waals surface area contributed by atoms with E-state index < -0.39 is 10.1 Å². The van der Waals surface area contributed by atoms with Gasteiger partial charge in [-0.2, -0.15) is 8.42 Å². The lowest BCUT2D eigenvalue weighted by Gasteiger charge is -2.16. The third kappa shape index (κ3) is 12.3. The van der Waals surface area contributed by atoms with E-state index in [2.05, 4.69) is 38.2 Å². The molecule has 0 heterocycles. The van der Waals surface area contributed by atoms with Gasteiger partial charge in [-0.1, -0.05) is 81.5 Å². The van der Waals surface area contributed by atoms with Crippen molar-refractivity contribution in [2.24, 2.45) is 0 Å². The van der Waals surface area contributed by atoms with Crippen LogP contribution in [-0.2, 0) is 14.3 Å². The minimum atomic E-state index is -3.73. The van der Waals surface area contributed by atoms with Crippen molar-refractivity contribution < 1.29 is 12.6 Å². The van der Waals surface area contributed by atoms with Crippen molar-refractivity contribution in [2.45, 2.75) is 109 Å². The fourth-order valence-electron chi connectivity index (χ4n) is 3.24. The number of hydrogen-bond acceptors (Lipinski definition) is 3. The minimum Gasteiger partial charge on any atom is -0.263 e. The normalized spacial score (nSPS) is 12.5. The number of unbranched alkanes of at least 4 members (excludes halogenated alkanes) is 6. The van der Waals surface area contributed by atoms with Gasteiger partial charge in [-0.25, -0.2) is 0 Å². The van der Waals surface area contributed by atoms with Crippen LogP contribution in [0.15, 0.2) is 53.5 Å². The lowest BCUT2D eigenvalue weighted by Crippen LogP contribution is -2.18. The first kappa shape index (κ1) is 26.6. The molecule has 0 aromatic heterocycles. The minimum absolute atomic E-state index is 0.239. The van der Waals surface area contributed by atoms with Gasteiger partial charge in [-0.05, 0) is 70.4 Å². The van der Waals surface area contributed by atoms with E-state index in [0.717, 1.165) is 44.1 Å². The van der Waals surface area contributed by atoms with Gasteiger partial charge >= 0.3 is 0 Å². The summed E-state index contributed by atoms with van der Waals surface area (Å²) in [5.74, 6) is 0. The SMILES string of the molecule is CCCCC/C=C\CCC(CC/C=C\CCCCC)OS(=O)(=O)c1ccc(C)cc1. The Bertz CT molecular complexity index is 678. The van der Waals surface area contributed by atoms with Gasteiger partial charge in [-0.3, -0.25) is 4.18 Å². The Hall–Kier alpha value is -1.39. The molecule has 0 bridgehead atoms. The van der Waals surface area contributed by atoms with Crippen molar-refractivity contribution >= 4 is 10.1 Å². The fourth-order valence-corrected chi connectivity index (χ4v) is 4.37. The zero-order chi connectivity index (χ0) is 22.1. The zero-order valence-corrected chi connectivity index (χ0v) is 20.1. The molecule has 30 heavy (non-hydrogen) atoms. The molecule has 0 saturated heterocycles. The predicted molar refractivity (Wildman–Crippen MR) is 128 cm³/mol. The van der Waals surface area contributed by atoms with E-state index in [0.29, 0.717) is 0 Å². The number of hydrogen-bond donors (Lipinski definition) is 0. The van der Waals surface area contributed by atoms with Crippen LogP contribution < -0.4 is 0 Å². The molecule has 0 N–H and O–H groups in total. The summed E-state index contributed by atoms with van der Waals surface area (Å²) < 4.78 is 31.1. The number of benzene rings is 1. The van der Waals surface area contributed by atoms with Gasteiger partial charge in [0, 0.05) is 0 Å². The second kappa shape index (κ2) is 16.3. The van der Waals surface area contributed by atoms with E-state index in [1.165, 1.54) is 38.5 Å². The van der Waals surface area contributed by atoms with Crippen LogP contribution in [0.3, 0.4) is 0 Å². The molecule has 170 valence electrons. The van der Waals surface area contributed by atoms with Gasteiger partial charge in [0.25, 0.3) is 10.1 Å². The average Bonchev–Trinajstić information content (AvgIpc) is 2.72. The van der Waals surface area contributed by atoms with Crippen molar-refractivity contribution in [3.8, 4) is 0 Å². The smallest absolute Gasteiger partial charge is 0.263 e. The van der Waals surface area contributed by atoms with Crippen LogP contribution >= 0.6 is 0 Å². The summed E-state index contributed by atoms with van der Waals surface area (Å²) in [6, 6.07) is 6.87. The summed E-state index contributed by atoms with van der Waals surface area (Å²) in [5, 5.41) is 0. The fraction of sp³-hybridized carbons (Fsp3) is 0.615. The maximum absolute atomic E-state index is 12.7. The van der Waals surface area contributed by atoms with Crippen LogP contribution in [0.4, 0.5) is 0 Å². The Morgan fingerprint density at radius 2 is 1.23 bits per heavy atom. The monoisotopic (exact) mass is 434 g/mol. The highest BCUT2D eigenvalue weighted by Crippen LogP contribution is 2.20. The first-order valence-electron chi connectivity index (χ1n) is 11.8. The first-order valence-corrected chi connectivity index (χ1v) is 13.2. The largest absolute Gasteiger partial charge is 0.297 e. The summed E-state index contributed by atoms with van der Waals surface area (Å²) in [7, 11) is -3.73. The summed E-state index contributed by atoms with van der Waals surface area (Å²) in [5.41, 5.74) is 1.03. The number of allylic oxidation sites excluding steroid dienone is 4. The Kier molecular flexibility index (Phi) is 14.5. The third-order valence-electron chi connectivity index (χ3n) is 5.17. The molecular weight excluding hydrogens is 392 g/mol. The van der Waals surface area contributed by atoms with Crippen molar-refractivity contribution in [1.29, 1.82) is 0 Å². The summed E-state index contributed by atoms with van der Waals surface area (Å²) in [6.45, 7) is 6.36. The van der Waals surface area contributed by atoms with Crippen LogP contribution in [-0.4, -0.2) is 14.5 Å². The van der Waals surface area contributed by atoms with E-state index in [1.807, 2.05) is 19.1 Å². The van der Waals surface area contributed by atoms with E-state index in [-0.39, 0.29) is 11.0 Å². The van der Waals surface area contributed by atoms with Crippen LogP contribution in [0.25, 0.3) is 0 Å². The molecule has 1 aromatic carbocycles. The Labute approximate surface area is 185 Å². The third-order valence-corrected chi connectivity index (χ3v) is 6.54. The molecule has 0 amide bonds. The highest BCUT2D eigenvalue weighted by Gasteiger charge is 2.21. The molecule has 1 aromatic rings. The quantitative estimate of drug-likeness (QED) is 0.142. The van der Waals surface area contributed by atoms with Gasteiger partial charge in [0.15, 0.2) is 0 Å². The second-order valence-corrected chi connectivity index (χ2v) is 9.65. The molecule has 0 aliphatic rings. The van der Waals surface area contributed by atoms with Crippen LogP contribution in [0.1, 0.15) is 96.5 Å². The molecule has 3 nitrogen and oxygen atoms in total. The van der Waals surface area contributed by atoms with E-state index in [9.17, 15) is 8.42 Å². The number of rotatable bonds is 17. The van der Waals surface area contributed by atoms with E-state index in [1.54, 1.807) is 12.1 Å². The van der Waals surface area contributed by atoms with Crippen molar-refractivity contribution in [3.05, 3.63) is 54.1 Å². The highest BCUT2D eigenvalue weighted by atomic mass is 32.2. The van der Waals surface area contributed by atoms with Crippen molar-refractivity contribution in [1.82, 2.24) is 0 Å². The van der Waals surface area contributed by atoms with Gasteiger partial charge in [0.2, 0.25) is 0 Å². The van der Waals surface area contributed by atoms with Gasteiger partial charge in [0.05, 0.1) is 11.0 Å². The van der Waals surface area contributed by atoms with Crippen LogP contribution in [0.5, 0.6) is 0 Å². The van der Waals surface area contributed by atoms with Crippen LogP contribution in [0, 0.1) is 6.92 Å². The van der Waals surface area contributed by atoms with E-state index >= 15 is 0 Å². The standard InChI is InChI=1S/C26H42O3S/c1-4-6-8-10-12-14-16-18-25(19-17-15-13-11-9-7-5-2)29-30(27,28)26-22-20-24(3)21-23-26/h12-15,20-23,25H,4-11,16-19H2,1-3H3/b14-12-,15-13-. The molecule has 0 radical (unpaired) electrons. The first-order chi connectivity index (χ1) is 14.5. The van der Waals surface area contributed by atoms with Crippen LogP contribution in [0.2, 0.25) is 0 Å². The Balaban J connectivity index is 2.60. The van der Waals surface area contributed by atoms with Crippen molar-refractivity contribution in [3.63, 3.8) is 0 Å². The maximum Gasteiger partial charge on any atom is 0.297 e. The lowest BCUT2D eigenvalue weighted by atomic mass is 10.1. The molecule has 0 unspecified atom stereocenters. The molecule has 0 aliphatic carbocycles.